The van der Waals surface area contributed by atoms with Crippen LogP contribution in [0.15, 0.2) is 4.52 Å². The van der Waals surface area contributed by atoms with Gasteiger partial charge >= 0.3 is 0 Å². The summed E-state index contributed by atoms with van der Waals surface area (Å²) in [6.07, 6.45) is 0. The molecule has 5 nitrogen and oxygen atoms in total. The van der Waals surface area contributed by atoms with Gasteiger partial charge in [0.1, 0.15) is 0 Å². The summed E-state index contributed by atoms with van der Waals surface area (Å²) in [7, 11) is 0. The Balaban J connectivity index is 2.07. The van der Waals surface area contributed by atoms with Crippen LogP contribution in [0.4, 0.5) is 0 Å². The Morgan fingerprint density at radius 1 is 1.32 bits per heavy atom. The molecule has 1 N–H and O–H groups in total. The van der Waals surface area contributed by atoms with Crippen LogP contribution >= 0.6 is 0 Å². The van der Waals surface area contributed by atoms with Crippen molar-refractivity contribution in [2.24, 2.45) is 11.8 Å². The highest BCUT2D eigenvalue weighted by atomic mass is 16.5. The fourth-order valence-electron chi connectivity index (χ4n) is 2.73. The number of aryl methyl sites for hydroxylation is 1. The lowest BCUT2D eigenvalue weighted by molar-refractivity contribution is 0.0753. The molecule has 1 aliphatic heterocycles. The summed E-state index contributed by atoms with van der Waals surface area (Å²) in [4.78, 5) is 6.82. The van der Waals surface area contributed by atoms with Crippen molar-refractivity contribution in [1.82, 2.24) is 20.4 Å². The maximum Gasteiger partial charge on any atom is 0.223 e. The van der Waals surface area contributed by atoms with Crippen LogP contribution in [0.3, 0.4) is 0 Å². The van der Waals surface area contributed by atoms with Gasteiger partial charge in [-0.3, -0.25) is 4.90 Å². The largest absolute Gasteiger partial charge is 0.340 e. The Kier molecular flexibility index (Phi) is 4.58. The zero-order chi connectivity index (χ0) is 14.0. The van der Waals surface area contributed by atoms with Crippen molar-refractivity contribution in [3.63, 3.8) is 0 Å². The summed E-state index contributed by atoms with van der Waals surface area (Å²) in [6, 6.07) is 1.08. The highest BCUT2D eigenvalue weighted by molar-refractivity contribution is 4.93. The van der Waals surface area contributed by atoms with Crippen LogP contribution in [0.5, 0.6) is 0 Å². The molecule has 0 aliphatic carbocycles. The van der Waals surface area contributed by atoms with E-state index in [1.165, 1.54) is 0 Å². The molecule has 2 rings (SSSR count). The second kappa shape index (κ2) is 6.01. The summed E-state index contributed by atoms with van der Waals surface area (Å²) in [6.45, 7) is 13.8. The first-order chi connectivity index (χ1) is 8.97. The quantitative estimate of drug-likeness (QED) is 0.901. The molecule has 108 valence electrons. The van der Waals surface area contributed by atoms with Crippen molar-refractivity contribution in [1.29, 1.82) is 0 Å². The number of nitrogens with one attached hydrogen (secondary N) is 1. The Labute approximate surface area is 115 Å². The topological polar surface area (TPSA) is 54.2 Å². The highest BCUT2D eigenvalue weighted by Gasteiger charge is 2.31. The fraction of sp³-hybridized carbons (Fsp3) is 0.857. The normalized spacial score (nSPS) is 25.4. The first-order valence-corrected chi connectivity index (χ1v) is 7.24. The summed E-state index contributed by atoms with van der Waals surface area (Å²) in [5.74, 6) is 2.70. The molecule has 0 saturated carbocycles. The molecule has 1 aromatic rings. The van der Waals surface area contributed by atoms with E-state index in [4.69, 9.17) is 4.52 Å². The van der Waals surface area contributed by atoms with E-state index in [9.17, 15) is 0 Å². The fourth-order valence-corrected chi connectivity index (χ4v) is 2.73. The van der Waals surface area contributed by atoms with Crippen LogP contribution in [0.1, 0.15) is 39.4 Å². The van der Waals surface area contributed by atoms with Gasteiger partial charge < -0.3 is 9.84 Å². The van der Waals surface area contributed by atoms with Crippen molar-refractivity contribution < 1.29 is 4.52 Å². The van der Waals surface area contributed by atoms with Gasteiger partial charge in [0.25, 0.3) is 0 Å². The Hall–Kier alpha value is -0.940. The molecule has 1 fully saturated rings. The molecular weight excluding hydrogens is 240 g/mol. The molecule has 19 heavy (non-hydrogen) atoms. The molecule has 2 unspecified atom stereocenters. The number of rotatable bonds is 4. The smallest absolute Gasteiger partial charge is 0.223 e. The van der Waals surface area contributed by atoms with Crippen LogP contribution in [-0.2, 0) is 6.54 Å². The number of hydrogen-bond acceptors (Lipinski definition) is 5. The molecule has 0 aromatic carbocycles. The van der Waals surface area contributed by atoms with Gasteiger partial charge in [-0.05, 0) is 11.8 Å². The molecule has 0 bridgehead atoms. The molecule has 2 heterocycles. The van der Waals surface area contributed by atoms with Gasteiger partial charge in [-0.1, -0.05) is 32.9 Å². The van der Waals surface area contributed by atoms with Gasteiger partial charge in [0.2, 0.25) is 5.89 Å². The second-order valence-electron chi connectivity index (χ2n) is 6.23. The van der Waals surface area contributed by atoms with Crippen molar-refractivity contribution in [2.45, 2.75) is 53.2 Å². The monoisotopic (exact) mass is 266 g/mol. The third-order valence-electron chi connectivity index (χ3n) is 3.98. The highest BCUT2D eigenvalue weighted by Crippen LogP contribution is 2.20. The standard InChI is InChI=1S/C14H26N4O/c1-9(2)12-7-18(13(6-15-12)10(3)4)8-14-16-11(5)19-17-14/h9-10,12-13,15H,6-8H2,1-5H3. The minimum Gasteiger partial charge on any atom is -0.340 e. The number of nitrogens with zero attached hydrogens (tertiary/aromatic N) is 3. The summed E-state index contributed by atoms with van der Waals surface area (Å²) < 4.78 is 5.07. The lowest BCUT2D eigenvalue weighted by Gasteiger charge is -2.43. The average Bonchev–Trinajstić information content (AvgIpc) is 2.74. The Bertz CT molecular complexity index is 402. The number of hydrogen-bond donors (Lipinski definition) is 1. The summed E-state index contributed by atoms with van der Waals surface area (Å²) in [5.41, 5.74) is 0. The van der Waals surface area contributed by atoms with E-state index in [0.717, 1.165) is 25.5 Å². The van der Waals surface area contributed by atoms with Gasteiger partial charge in [-0.2, -0.15) is 4.98 Å². The Morgan fingerprint density at radius 3 is 2.58 bits per heavy atom. The average molecular weight is 266 g/mol. The number of aromatic nitrogens is 2. The molecule has 0 amide bonds. The van der Waals surface area contributed by atoms with Crippen LogP contribution in [0.2, 0.25) is 0 Å². The predicted molar refractivity (Wildman–Crippen MR) is 74.7 cm³/mol. The molecule has 1 saturated heterocycles. The molecule has 0 radical (unpaired) electrons. The van der Waals surface area contributed by atoms with E-state index < -0.39 is 0 Å². The summed E-state index contributed by atoms with van der Waals surface area (Å²) >= 11 is 0. The van der Waals surface area contributed by atoms with Gasteiger partial charge in [0.15, 0.2) is 5.82 Å². The molecule has 2 atom stereocenters. The van der Waals surface area contributed by atoms with Crippen molar-refractivity contribution in [3.05, 3.63) is 11.7 Å². The van der Waals surface area contributed by atoms with Gasteiger partial charge in [-0.25, -0.2) is 0 Å². The lowest BCUT2D eigenvalue weighted by Crippen LogP contribution is -2.59. The SMILES string of the molecule is Cc1nc(CN2CC(C(C)C)NCC2C(C)C)no1. The second-order valence-corrected chi connectivity index (χ2v) is 6.23. The third-order valence-corrected chi connectivity index (χ3v) is 3.98. The molecule has 1 aromatic heterocycles. The maximum atomic E-state index is 5.07. The zero-order valence-electron chi connectivity index (χ0n) is 12.7. The predicted octanol–water partition coefficient (Wildman–Crippen LogP) is 1.83. The van der Waals surface area contributed by atoms with Crippen molar-refractivity contribution >= 4 is 0 Å². The van der Waals surface area contributed by atoms with Gasteiger partial charge in [0.05, 0.1) is 6.54 Å². The van der Waals surface area contributed by atoms with Crippen molar-refractivity contribution in [3.8, 4) is 0 Å². The minimum atomic E-state index is 0.536. The maximum absolute atomic E-state index is 5.07. The van der Waals surface area contributed by atoms with E-state index in [1.54, 1.807) is 0 Å². The minimum absolute atomic E-state index is 0.536. The first-order valence-electron chi connectivity index (χ1n) is 7.24. The first kappa shape index (κ1) is 14.5. The van der Waals surface area contributed by atoms with E-state index in [1.807, 2.05) is 6.92 Å². The third kappa shape index (κ3) is 3.54. The number of piperazine rings is 1. The van der Waals surface area contributed by atoms with E-state index in [-0.39, 0.29) is 0 Å². The van der Waals surface area contributed by atoms with E-state index in [0.29, 0.717) is 29.8 Å². The van der Waals surface area contributed by atoms with E-state index in [2.05, 4.69) is 48.1 Å². The van der Waals surface area contributed by atoms with Crippen LogP contribution in [0, 0.1) is 18.8 Å². The van der Waals surface area contributed by atoms with Gasteiger partial charge in [-0.15, -0.1) is 0 Å². The molecular formula is C14H26N4O. The zero-order valence-corrected chi connectivity index (χ0v) is 12.7. The van der Waals surface area contributed by atoms with Gasteiger partial charge in [0, 0.05) is 32.1 Å². The van der Waals surface area contributed by atoms with Crippen LogP contribution in [-0.4, -0.2) is 40.2 Å². The molecule has 0 spiro atoms. The van der Waals surface area contributed by atoms with E-state index >= 15 is 0 Å². The summed E-state index contributed by atoms with van der Waals surface area (Å²) in [5, 5.41) is 7.69. The lowest BCUT2D eigenvalue weighted by atomic mass is 9.94. The van der Waals surface area contributed by atoms with Crippen LogP contribution < -0.4 is 5.32 Å². The van der Waals surface area contributed by atoms with Crippen molar-refractivity contribution in [2.75, 3.05) is 13.1 Å². The molecule has 1 aliphatic rings. The Morgan fingerprint density at radius 2 is 2.05 bits per heavy atom. The van der Waals surface area contributed by atoms with Crippen LogP contribution in [0.25, 0.3) is 0 Å². The molecule has 5 heteroatoms.